The number of nitrogens with two attached hydrogens (primary N) is 1. The van der Waals surface area contributed by atoms with Gasteiger partial charge in [0.05, 0.1) is 18.4 Å². The van der Waals surface area contributed by atoms with Crippen molar-refractivity contribution < 1.29 is 9.84 Å². The van der Waals surface area contributed by atoms with Crippen LogP contribution in [0.5, 0.6) is 0 Å². The van der Waals surface area contributed by atoms with Crippen LogP contribution in [-0.2, 0) is 11.2 Å². The van der Waals surface area contributed by atoms with E-state index in [0.717, 1.165) is 17.7 Å². The maximum Gasteiger partial charge on any atom is 0.222 e. The molecule has 0 radical (unpaired) electrons. The van der Waals surface area contributed by atoms with Gasteiger partial charge in [-0.3, -0.25) is 0 Å². The number of ether oxygens (including phenoxy) is 1. The summed E-state index contributed by atoms with van der Waals surface area (Å²) in [7, 11) is 0. The Morgan fingerprint density at radius 2 is 2.11 bits per heavy atom. The molecular weight excluding hydrogens is 232 g/mol. The van der Waals surface area contributed by atoms with Gasteiger partial charge in [-0.15, -0.1) is 0 Å². The van der Waals surface area contributed by atoms with Crippen LogP contribution in [0.15, 0.2) is 0 Å². The molecule has 18 heavy (non-hydrogen) atoms. The van der Waals surface area contributed by atoms with E-state index in [1.165, 1.54) is 0 Å². The van der Waals surface area contributed by atoms with Crippen LogP contribution in [0.1, 0.15) is 25.1 Å². The fraction of sp³-hybridized carbons (Fsp3) is 0.667. The molecular formula is C12H22N4O2. The highest BCUT2D eigenvalue weighted by atomic mass is 16.5. The molecule has 102 valence electrons. The van der Waals surface area contributed by atoms with Crippen LogP contribution in [0.25, 0.3) is 0 Å². The number of anilines is 2. The van der Waals surface area contributed by atoms with E-state index in [2.05, 4.69) is 15.3 Å². The summed E-state index contributed by atoms with van der Waals surface area (Å²) in [6.07, 6.45) is 0.236. The number of aliphatic hydroxyl groups excluding tert-OH is 1. The Kier molecular flexibility index (Phi) is 5.80. The number of hydrogen-bond donors (Lipinski definition) is 3. The number of nitrogen functional groups attached to an aromatic ring is 1. The molecule has 1 heterocycles. The van der Waals surface area contributed by atoms with Crippen molar-refractivity contribution in [3.8, 4) is 0 Å². The van der Waals surface area contributed by atoms with Gasteiger partial charge in [0.1, 0.15) is 5.82 Å². The summed E-state index contributed by atoms with van der Waals surface area (Å²) in [5, 5.41) is 12.7. The predicted octanol–water partition coefficient (Wildman–Crippen LogP) is 0.739. The van der Waals surface area contributed by atoms with Crippen LogP contribution >= 0.6 is 0 Å². The molecule has 0 saturated carbocycles. The van der Waals surface area contributed by atoms with Crippen molar-refractivity contribution in [2.24, 2.45) is 0 Å². The standard InChI is InChI=1S/C12H22N4O2/c1-4-10-8(3)11(16-12(13)15-10)14-6-9(17)7-18-5-2/h9,17H,4-7H2,1-3H3,(H3,13,14,15,16)/t9-/m0/s1. The van der Waals surface area contributed by atoms with E-state index in [1.807, 2.05) is 20.8 Å². The van der Waals surface area contributed by atoms with E-state index in [1.54, 1.807) is 0 Å². The lowest BCUT2D eigenvalue weighted by atomic mass is 10.2. The first kappa shape index (κ1) is 14.7. The van der Waals surface area contributed by atoms with Gasteiger partial charge in [0.25, 0.3) is 0 Å². The van der Waals surface area contributed by atoms with E-state index in [0.29, 0.717) is 25.6 Å². The molecule has 0 bridgehead atoms. The Hall–Kier alpha value is -1.40. The lowest BCUT2D eigenvalue weighted by Gasteiger charge is -2.15. The van der Waals surface area contributed by atoms with Gasteiger partial charge in [-0.2, -0.15) is 4.98 Å². The number of rotatable bonds is 7. The van der Waals surface area contributed by atoms with Gasteiger partial charge < -0.3 is 20.9 Å². The molecule has 6 nitrogen and oxygen atoms in total. The van der Waals surface area contributed by atoms with E-state index < -0.39 is 6.10 Å². The highest BCUT2D eigenvalue weighted by Crippen LogP contribution is 2.16. The number of nitrogens with one attached hydrogen (secondary N) is 1. The van der Waals surface area contributed by atoms with Crippen molar-refractivity contribution in [1.29, 1.82) is 0 Å². The maximum absolute atomic E-state index is 9.67. The number of nitrogens with zero attached hydrogens (tertiary/aromatic N) is 2. The van der Waals surface area contributed by atoms with Crippen LogP contribution in [0.4, 0.5) is 11.8 Å². The van der Waals surface area contributed by atoms with Crippen molar-refractivity contribution in [2.45, 2.75) is 33.3 Å². The molecule has 0 unspecified atom stereocenters. The van der Waals surface area contributed by atoms with Crippen LogP contribution in [0.3, 0.4) is 0 Å². The van der Waals surface area contributed by atoms with Crippen molar-refractivity contribution >= 4 is 11.8 Å². The minimum atomic E-state index is -0.564. The number of aliphatic hydroxyl groups is 1. The van der Waals surface area contributed by atoms with Crippen LogP contribution in [0, 0.1) is 6.92 Å². The molecule has 1 atom stereocenters. The maximum atomic E-state index is 9.67. The first-order valence-corrected chi connectivity index (χ1v) is 6.21. The van der Waals surface area contributed by atoms with Gasteiger partial charge >= 0.3 is 0 Å². The third kappa shape index (κ3) is 4.12. The quantitative estimate of drug-likeness (QED) is 0.664. The molecule has 6 heteroatoms. The number of aromatic nitrogens is 2. The van der Waals surface area contributed by atoms with E-state index in [4.69, 9.17) is 10.5 Å². The molecule has 0 aliphatic rings. The SMILES string of the molecule is CCOC[C@@H](O)CNc1nc(N)nc(CC)c1C. The molecule has 0 spiro atoms. The van der Waals surface area contributed by atoms with Gasteiger partial charge in [0.15, 0.2) is 0 Å². The zero-order valence-electron chi connectivity index (χ0n) is 11.2. The van der Waals surface area contributed by atoms with Crippen molar-refractivity contribution in [3.05, 3.63) is 11.3 Å². The Morgan fingerprint density at radius 1 is 1.39 bits per heavy atom. The van der Waals surface area contributed by atoms with Gasteiger partial charge in [-0.25, -0.2) is 4.98 Å². The van der Waals surface area contributed by atoms with Crippen LogP contribution < -0.4 is 11.1 Å². The normalized spacial score (nSPS) is 12.4. The second kappa shape index (κ2) is 7.13. The number of hydrogen-bond acceptors (Lipinski definition) is 6. The highest BCUT2D eigenvalue weighted by Gasteiger charge is 2.10. The molecule has 0 saturated heterocycles. The van der Waals surface area contributed by atoms with Crippen LogP contribution in [-0.4, -0.2) is 40.9 Å². The van der Waals surface area contributed by atoms with Gasteiger partial charge in [0, 0.05) is 18.7 Å². The number of aryl methyl sites for hydroxylation is 1. The first-order valence-electron chi connectivity index (χ1n) is 6.21. The zero-order chi connectivity index (χ0) is 13.5. The monoisotopic (exact) mass is 254 g/mol. The zero-order valence-corrected chi connectivity index (χ0v) is 11.2. The smallest absolute Gasteiger partial charge is 0.222 e. The van der Waals surface area contributed by atoms with E-state index in [9.17, 15) is 5.11 Å². The fourth-order valence-electron chi connectivity index (χ4n) is 1.63. The topological polar surface area (TPSA) is 93.3 Å². The minimum absolute atomic E-state index is 0.249. The first-order chi connectivity index (χ1) is 8.58. The molecule has 4 N–H and O–H groups in total. The highest BCUT2D eigenvalue weighted by molar-refractivity contribution is 5.48. The van der Waals surface area contributed by atoms with Crippen LogP contribution in [0.2, 0.25) is 0 Å². The molecule has 0 amide bonds. The molecule has 0 aromatic carbocycles. The Balaban J connectivity index is 2.64. The average molecular weight is 254 g/mol. The van der Waals surface area contributed by atoms with Gasteiger partial charge in [-0.1, -0.05) is 6.92 Å². The third-order valence-corrected chi connectivity index (χ3v) is 2.62. The van der Waals surface area contributed by atoms with Crippen molar-refractivity contribution in [1.82, 2.24) is 9.97 Å². The summed E-state index contributed by atoms with van der Waals surface area (Å²) in [5.74, 6) is 0.925. The second-order valence-corrected chi connectivity index (χ2v) is 4.05. The lowest BCUT2D eigenvalue weighted by molar-refractivity contribution is 0.0495. The molecule has 1 aromatic heterocycles. The summed E-state index contributed by atoms with van der Waals surface area (Å²) < 4.78 is 5.14. The summed E-state index contributed by atoms with van der Waals surface area (Å²) in [5.41, 5.74) is 7.53. The fourth-order valence-corrected chi connectivity index (χ4v) is 1.63. The summed E-state index contributed by atoms with van der Waals surface area (Å²) >= 11 is 0. The Bertz CT molecular complexity index is 385. The van der Waals surface area contributed by atoms with E-state index >= 15 is 0 Å². The van der Waals surface area contributed by atoms with Crippen molar-refractivity contribution in [2.75, 3.05) is 30.8 Å². The summed E-state index contributed by atoms with van der Waals surface area (Å²) in [4.78, 5) is 8.31. The van der Waals surface area contributed by atoms with Crippen molar-refractivity contribution in [3.63, 3.8) is 0 Å². The Labute approximate surface area is 108 Å². The molecule has 0 fully saturated rings. The van der Waals surface area contributed by atoms with E-state index in [-0.39, 0.29) is 5.95 Å². The Morgan fingerprint density at radius 3 is 2.72 bits per heavy atom. The summed E-state index contributed by atoms with van der Waals surface area (Å²) in [6, 6.07) is 0. The third-order valence-electron chi connectivity index (χ3n) is 2.62. The minimum Gasteiger partial charge on any atom is -0.389 e. The van der Waals surface area contributed by atoms with Gasteiger partial charge in [-0.05, 0) is 20.3 Å². The molecule has 1 rings (SSSR count). The summed E-state index contributed by atoms with van der Waals surface area (Å²) in [6.45, 7) is 7.13. The molecule has 0 aliphatic carbocycles. The van der Waals surface area contributed by atoms with Gasteiger partial charge in [0.2, 0.25) is 5.95 Å². The molecule has 0 aliphatic heterocycles. The lowest BCUT2D eigenvalue weighted by Crippen LogP contribution is -2.25. The predicted molar refractivity (Wildman–Crippen MR) is 71.5 cm³/mol. The largest absolute Gasteiger partial charge is 0.389 e. The second-order valence-electron chi connectivity index (χ2n) is 4.05. The average Bonchev–Trinajstić information content (AvgIpc) is 2.36. The molecule has 1 aromatic rings.